The number of esters is 1. The van der Waals surface area contributed by atoms with E-state index in [9.17, 15) is 4.79 Å². The smallest absolute Gasteiger partial charge is 0.305 e. The largest absolute Gasteiger partial charge is 0.465 e. The van der Waals surface area contributed by atoms with Gasteiger partial charge in [0, 0.05) is 11.8 Å². The molecule has 1 unspecified atom stereocenters. The molecule has 0 saturated carbocycles. The summed E-state index contributed by atoms with van der Waals surface area (Å²) in [4.78, 5) is 12.4. The molecule has 0 bridgehead atoms. The van der Waals surface area contributed by atoms with Crippen molar-refractivity contribution in [3.8, 4) is 0 Å². The maximum Gasteiger partial charge on any atom is 0.305 e. The van der Waals surface area contributed by atoms with Crippen molar-refractivity contribution in [3.05, 3.63) is 0 Å². The fourth-order valence-electron chi connectivity index (χ4n) is 5.55. The maximum atomic E-state index is 12.4. The zero-order valence-electron chi connectivity index (χ0n) is 26.3. The Hall–Kier alpha value is -0.530. The molecule has 37 heavy (non-hydrogen) atoms. The lowest BCUT2D eigenvalue weighted by molar-refractivity contribution is -0.147. The van der Waals surface area contributed by atoms with Crippen LogP contribution in [0.15, 0.2) is 0 Å². The molecule has 0 saturated heterocycles. The molecule has 0 heterocycles. The highest BCUT2D eigenvalue weighted by molar-refractivity contribution is 5.69. The van der Waals surface area contributed by atoms with Gasteiger partial charge in [-0.3, -0.25) is 4.79 Å². The molecule has 0 spiro atoms. The molecule has 0 aromatic carbocycles. The third-order valence-electron chi connectivity index (χ3n) is 8.33. The van der Waals surface area contributed by atoms with Gasteiger partial charge in [0.2, 0.25) is 0 Å². The lowest BCUT2D eigenvalue weighted by Gasteiger charge is -2.29. The first kappa shape index (κ1) is 36.5. The van der Waals surface area contributed by atoms with Crippen LogP contribution in [0.5, 0.6) is 0 Å². The van der Waals surface area contributed by atoms with Crippen LogP contribution in [-0.4, -0.2) is 12.6 Å². The molecule has 0 aromatic rings. The summed E-state index contributed by atoms with van der Waals surface area (Å²) in [6.45, 7) is 9.87. The molecule has 0 rings (SSSR count). The van der Waals surface area contributed by atoms with Gasteiger partial charge in [-0.15, -0.1) is 0 Å². The van der Waals surface area contributed by atoms with E-state index in [1.807, 2.05) is 0 Å². The minimum atomic E-state index is 0.0405. The second-order valence-electron chi connectivity index (χ2n) is 12.5. The van der Waals surface area contributed by atoms with Crippen LogP contribution in [0.1, 0.15) is 207 Å². The van der Waals surface area contributed by atoms with Gasteiger partial charge >= 0.3 is 5.97 Å². The molecular weight excluding hydrogens is 452 g/mol. The number of carbonyl (C=O) groups excluding carboxylic acids is 1. The average Bonchev–Trinajstić information content (AvgIpc) is 2.89. The van der Waals surface area contributed by atoms with Crippen LogP contribution in [0, 0.1) is 5.41 Å². The second-order valence-corrected chi connectivity index (χ2v) is 12.5. The Labute approximate surface area is 234 Å². The van der Waals surface area contributed by atoms with Gasteiger partial charge in [0.15, 0.2) is 0 Å². The van der Waals surface area contributed by atoms with Crippen molar-refractivity contribution in [2.24, 2.45) is 5.41 Å². The molecule has 2 heteroatoms. The third kappa shape index (κ3) is 26.8. The van der Waals surface area contributed by atoms with Gasteiger partial charge in [0.05, 0.1) is 6.61 Å². The quantitative estimate of drug-likeness (QED) is 0.0692. The Morgan fingerprint density at radius 2 is 0.757 bits per heavy atom. The zero-order valence-corrected chi connectivity index (χ0v) is 26.3. The number of hydrogen-bond acceptors (Lipinski definition) is 2. The van der Waals surface area contributed by atoms with Gasteiger partial charge in [-0.05, 0) is 19.3 Å². The number of rotatable bonds is 30. The summed E-state index contributed by atoms with van der Waals surface area (Å²) in [5, 5.41) is 0. The average molecular weight is 523 g/mol. The zero-order chi connectivity index (χ0) is 27.3. The molecule has 0 amide bonds. The fourth-order valence-corrected chi connectivity index (χ4v) is 5.55. The van der Waals surface area contributed by atoms with Crippen LogP contribution in [0.3, 0.4) is 0 Å². The van der Waals surface area contributed by atoms with Crippen molar-refractivity contribution in [1.82, 2.24) is 0 Å². The molecule has 222 valence electrons. The van der Waals surface area contributed by atoms with E-state index >= 15 is 0 Å². The SMILES string of the molecule is CCCCCCCCCCCCC(C)(CCCCCCCCCC)COC(=O)CCCCCCCCC. The predicted octanol–water partition coefficient (Wildman–Crippen LogP) is 12.5. The van der Waals surface area contributed by atoms with Crippen LogP contribution in [0.4, 0.5) is 0 Å². The van der Waals surface area contributed by atoms with Crippen LogP contribution < -0.4 is 0 Å². The van der Waals surface area contributed by atoms with Gasteiger partial charge in [-0.1, -0.05) is 182 Å². The lowest BCUT2D eigenvalue weighted by atomic mass is 9.80. The van der Waals surface area contributed by atoms with Crippen molar-refractivity contribution < 1.29 is 9.53 Å². The van der Waals surface area contributed by atoms with Gasteiger partial charge < -0.3 is 4.74 Å². The Bertz CT molecular complexity index is 460. The summed E-state index contributed by atoms with van der Waals surface area (Å²) in [6.07, 6.45) is 36.5. The van der Waals surface area contributed by atoms with Crippen molar-refractivity contribution in [2.45, 2.75) is 207 Å². The Morgan fingerprint density at radius 3 is 1.11 bits per heavy atom. The summed E-state index contributed by atoms with van der Waals surface area (Å²) in [7, 11) is 0. The van der Waals surface area contributed by atoms with Gasteiger partial charge in [0.25, 0.3) is 0 Å². The van der Waals surface area contributed by atoms with E-state index in [4.69, 9.17) is 4.74 Å². The highest BCUT2D eigenvalue weighted by Crippen LogP contribution is 2.32. The van der Waals surface area contributed by atoms with Gasteiger partial charge in [-0.25, -0.2) is 0 Å². The fraction of sp³-hybridized carbons (Fsp3) is 0.971. The highest BCUT2D eigenvalue weighted by atomic mass is 16.5. The number of hydrogen-bond donors (Lipinski definition) is 0. The van der Waals surface area contributed by atoms with Crippen molar-refractivity contribution in [3.63, 3.8) is 0 Å². The Morgan fingerprint density at radius 1 is 0.459 bits per heavy atom. The minimum Gasteiger partial charge on any atom is -0.465 e. The van der Waals surface area contributed by atoms with E-state index in [1.165, 1.54) is 167 Å². The van der Waals surface area contributed by atoms with Crippen molar-refractivity contribution in [2.75, 3.05) is 6.61 Å². The first-order chi connectivity index (χ1) is 18.1. The van der Waals surface area contributed by atoms with E-state index in [1.54, 1.807) is 0 Å². The molecule has 0 aliphatic carbocycles. The van der Waals surface area contributed by atoms with Gasteiger partial charge in [0.1, 0.15) is 0 Å². The van der Waals surface area contributed by atoms with E-state index in [0.717, 1.165) is 6.42 Å². The lowest BCUT2D eigenvalue weighted by Crippen LogP contribution is -2.25. The number of unbranched alkanes of at least 4 members (excludes halogenated alkanes) is 22. The molecular formula is C35H70O2. The van der Waals surface area contributed by atoms with E-state index in [0.29, 0.717) is 13.0 Å². The van der Waals surface area contributed by atoms with Crippen LogP contribution in [-0.2, 0) is 9.53 Å². The minimum absolute atomic E-state index is 0.0405. The molecule has 2 nitrogen and oxygen atoms in total. The Balaban J connectivity index is 4.21. The van der Waals surface area contributed by atoms with Crippen molar-refractivity contribution in [1.29, 1.82) is 0 Å². The van der Waals surface area contributed by atoms with Gasteiger partial charge in [-0.2, -0.15) is 0 Å². The standard InChI is InChI=1S/C35H70O2/c1-5-8-11-14-17-19-20-23-26-29-32-35(4,31-28-25-22-18-15-12-9-6-2)33-37-34(36)30-27-24-21-16-13-10-7-3/h5-33H2,1-4H3. The summed E-state index contributed by atoms with van der Waals surface area (Å²) in [6, 6.07) is 0. The third-order valence-corrected chi connectivity index (χ3v) is 8.33. The maximum absolute atomic E-state index is 12.4. The van der Waals surface area contributed by atoms with Crippen LogP contribution in [0.2, 0.25) is 0 Å². The first-order valence-corrected chi connectivity index (χ1v) is 17.2. The summed E-state index contributed by atoms with van der Waals surface area (Å²) in [5.74, 6) is 0.0405. The predicted molar refractivity (Wildman–Crippen MR) is 165 cm³/mol. The van der Waals surface area contributed by atoms with E-state index in [2.05, 4.69) is 27.7 Å². The molecule has 0 aromatic heterocycles. The first-order valence-electron chi connectivity index (χ1n) is 17.2. The monoisotopic (exact) mass is 523 g/mol. The second kappa shape index (κ2) is 28.5. The summed E-state index contributed by atoms with van der Waals surface area (Å²) < 4.78 is 5.88. The van der Waals surface area contributed by atoms with Crippen LogP contribution in [0.25, 0.3) is 0 Å². The number of carbonyl (C=O) groups is 1. The molecule has 1 atom stereocenters. The highest BCUT2D eigenvalue weighted by Gasteiger charge is 2.25. The summed E-state index contributed by atoms with van der Waals surface area (Å²) >= 11 is 0. The number of ether oxygens (including phenoxy) is 1. The van der Waals surface area contributed by atoms with Crippen LogP contribution >= 0.6 is 0 Å². The van der Waals surface area contributed by atoms with E-state index in [-0.39, 0.29) is 11.4 Å². The van der Waals surface area contributed by atoms with E-state index < -0.39 is 0 Å². The molecule has 0 fully saturated rings. The Kier molecular flexibility index (Phi) is 28.1. The topological polar surface area (TPSA) is 26.3 Å². The molecule has 0 radical (unpaired) electrons. The molecule has 0 N–H and O–H groups in total. The molecule has 0 aliphatic rings. The molecule has 0 aliphatic heterocycles. The van der Waals surface area contributed by atoms with Crippen molar-refractivity contribution >= 4 is 5.97 Å². The normalized spacial score (nSPS) is 13.1. The summed E-state index contributed by atoms with van der Waals surface area (Å²) in [5.41, 5.74) is 0.165.